The predicted molar refractivity (Wildman–Crippen MR) is 59.8 cm³/mol. The molecular weight excluding hydrogens is 190 g/mol. The Morgan fingerprint density at radius 1 is 1.47 bits per heavy atom. The number of ether oxygens (including phenoxy) is 1. The molecule has 1 aromatic rings. The molecule has 0 amide bonds. The van der Waals surface area contributed by atoms with Crippen LogP contribution in [0.15, 0.2) is 24.4 Å². The fraction of sp³-hybridized carbons (Fsp3) is 0.583. The highest BCUT2D eigenvalue weighted by Crippen LogP contribution is 2.18. The van der Waals surface area contributed by atoms with Crippen LogP contribution in [0.4, 0.5) is 0 Å². The van der Waals surface area contributed by atoms with Crippen molar-refractivity contribution >= 4 is 0 Å². The normalized spacial score (nSPS) is 14.9. The van der Waals surface area contributed by atoms with Gasteiger partial charge in [-0.25, -0.2) is 0 Å². The van der Waals surface area contributed by atoms with Crippen molar-refractivity contribution in [3.8, 4) is 0 Å². The van der Waals surface area contributed by atoms with E-state index in [1.54, 1.807) is 6.20 Å². The molecule has 1 rings (SSSR count). The third-order valence-corrected chi connectivity index (χ3v) is 2.49. The van der Waals surface area contributed by atoms with Gasteiger partial charge in [-0.3, -0.25) is 4.98 Å². The number of hydrogen-bond acceptors (Lipinski definition) is 3. The van der Waals surface area contributed by atoms with Crippen molar-refractivity contribution in [1.82, 2.24) is 4.98 Å². The summed E-state index contributed by atoms with van der Waals surface area (Å²) in [6, 6.07) is 5.76. The van der Waals surface area contributed by atoms with Gasteiger partial charge in [0.05, 0.1) is 6.10 Å². The number of nitrogens with zero attached hydrogens (tertiary/aromatic N) is 1. The second-order valence-electron chi connectivity index (χ2n) is 3.60. The van der Waals surface area contributed by atoms with Gasteiger partial charge in [0.2, 0.25) is 0 Å². The summed E-state index contributed by atoms with van der Waals surface area (Å²) in [6.45, 7) is 5.24. The van der Waals surface area contributed by atoms with Gasteiger partial charge >= 0.3 is 0 Å². The fourth-order valence-corrected chi connectivity index (χ4v) is 1.44. The Morgan fingerprint density at radius 2 is 2.27 bits per heavy atom. The minimum absolute atomic E-state index is 0.0617. The summed E-state index contributed by atoms with van der Waals surface area (Å²) in [6.07, 6.45) is 2.03. The zero-order valence-corrected chi connectivity index (χ0v) is 9.39. The van der Waals surface area contributed by atoms with Crippen LogP contribution in [0, 0.1) is 0 Å². The highest BCUT2D eigenvalue weighted by Gasteiger charge is 2.16. The van der Waals surface area contributed by atoms with Crippen molar-refractivity contribution in [2.75, 3.05) is 13.2 Å². The molecule has 1 heterocycles. The summed E-state index contributed by atoms with van der Waals surface area (Å²) >= 11 is 0. The van der Waals surface area contributed by atoms with E-state index in [2.05, 4.69) is 4.98 Å². The lowest BCUT2D eigenvalue weighted by atomic mass is 9.98. The summed E-state index contributed by atoms with van der Waals surface area (Å²) in [4.78, 5) is 4.23. The molecule has 84 valence electrons. The average Bonchev–Trinajstić information content (AvgIpc) is 2.29. The molecule has 15 heavy (non-hydrogen) atoms. The number of rotatable bonds is 6. The van der Waals surface area contributed by atoms with Crippen LogP contribution in [0.1, 0.15) is 31.9 Å². The standard InChI is InChI=1S/C12H19NO2/c1-3-15-9-7-12(14)10(2)11-6-4-5-8-13-11/h4-6,8,10,12,14H,3,7,9H2,1-2H3. The maximum Gasteiger partial charge on any atom is 0.0643 e. The van der Waals surface area contributed by atoms with Crippen LogP contribution in [-0.4, -0.2) is 29.4 Å². The molecule has 2 atom stereocenters. The first-order valence-electron chi connectivity index (χ1n) is 5.42. The van der Waals surface area contributed by atoms with E-state index in [4.69, 9.17) is 4.74 Å². The first-order valence-corrected chi connectivity index (χ1v) is 5.42. The lowest BCUT2D eigenvalue weighted by Gasteiger charge is -2.17. The van der Waals surface area contributed by atoms with Crippen LogP contribution in [0.2, 0.25) is 0 Å². The van der Waals surface area contributed by atoms with Crippen molar-refractivity contribution in [2.45, 2.75) is 32.3 Å². The number of aliphatic hydroxyl groups is 1. The quantitative estimate of drug-likeness (QED) is 0.728. The molecule has 3 nitrogen and oxygen atoms in total. The van der Waals surface area contributed by atoms with E-state index in [-0.39, 0.29) is 12.0 Å². The van der Waals surface area contributed by atoms with Crippen LogP contribution in [0.3, 0.4) is 0 Å². The van der Waals surface area contributed by atoms with E-state index < -0.39 is 0 Å². The minimum atomic E-state index is -0.383. The van der Waals surface area contributed by atoms with Gasteiger partial charge in [-0.2, -0.15) is 0 Å². The smallest absolute Gasteiger partial charge is 0.0643 e. The molecule has 0 fully saturated rings. The molecule has 0 aliphatic carbocycles. The van der Waals surface area contributed by atoms with E-state index in [1.165, 1.54) is 0 Å². The van der Waals surface area contributed by atoms with Crippen molar-refractivity contribution in [3.63, 3.8) is 0 Å². The summed E-state index contributed by atoms with van der Waals surface area (Å²) < 4.78 is 5.21. The van der Waals surface area contributed by atoms with Gasteiger partial charge < -0.3 is 9.84 Å². The molecule has 1 aromatic heterocycles. The van der Waals surface area contributed by atoms with Gasteiger partial charge in [0.1, 0.15) is 0 Å². The van der Waals surface area contributed by atoms with E-state index >= 15 is 0 Å². The first kappa shape index (κ1) is 12.1. The van der Waals surface area contributed by atoms with Crippen LogP contribution in [-0.2, 0) is 4.74 Å². The molecule has 0 radical (unpaired) electrons. The summed E-state index contributed by atoms with van der Waals surface area (Å²) in [5.41, 5.74) is 0.932. The van der Waals surface area contributed by atoms with Gasteiger partial charge in [0.15, 0.2) is 0 Å². The monoisotopic (exact) mass is 209 g/mol. The first-order chi connectivity index (χ1) is 7.25. The maximum atomic E-state index is 9.88. The Bertz CT molecular complexity index is 264. The Balaban J connectivity index is 2.42. The van der Waals surface area contributed by atoms with Crippen molar-refractivity contribution in [3.05, 3.63) is 30.1 Å². The molecule has 0 aliphatic heterocycles. The molecule has 2 unspecified atom stereocenters. The minimum Gasteiger partial charge on any atom is -0.392 e. The van der Waals surface area contributed by atoms with E-state index in [0.717, 1.165) is 5.69 Å². The topological polar surface area (TPSA) is 42.4 Å². The van der Waals surface area contributed by atoms with E-state index in [0.29, 0.717) is 19.6 Å². The van der Waals surface area contributed by atoms with Gasteiger partial charge in [0.25, 0.3) is 0 Å². The molecule has 0 bridgehead atoms. The highest BCUT2D eigenvalue weighted by atomic mass is 16.5. The fourth-order valence-electron chi connectivity index (χ4n) is 1.44. The SMILES string of the molecule is CCOCCC(O)C(C)c1ccccn1. The van der Waals surface area contributed by atoms with Gasteiger partial charge in [0, 0.05) is 31.0 Å². The molecule has 0 spiro atoms. The number of pyridine rings is 1. The Hall–Kier alpha value is -0.930. The Kier molecular flexibility index (Phi) is 5.29. The zero-order valence-electron chi connectivity index (χ0n) is 9.39. The van der Waals surface area contributed by atoms with Crippen molar-refractivity contribution in [1.29, 1.82) is 0 Å². The number of hydrogen-bond donors (Lipinski definition) is 1. The molecule has 1 N–H and O–H groups in total. The molecule has 0 saturated carbocycles. The second kappa shape index (κ2) is 6.53. The summed E-state index contributed by atoms with van der Waals surface area (Å²) in [5.74, 6) is 0.0617. The number of aliphatic hydroxyl groups excluding tert-OH is 1. The zero-order chi connectivity index (χ0) is 11.1. The third-order valence-electron chi connectivity index (χ3n) is 2.49. The molecule has 0 saturated heterocycles. The lowest BCUT2D eigenvalue weighted by molar-refractivity contribution is 0.0763. The van der Waals surface area contributed by atoms with Crippen LogP contribution >= 0.6 is 0 Å². The van der Waals surface area contributed by atoms with Gasteiger partial charge in [-0.1, -0.05) is 13.0 Å². The van der Waals surface area contributed by atoms with E-state index in [9.17, 15) is 5.11 Å². The lowest BCUT2D eigenvalue weighted by Crippen LogP contribution is -2.19. The van der Waals surface area contributed by atoms with Crippen LogP contribution in [0.25, 0.3) is 0 Å². The third kappa shape index (κ3) is 3.98. The second-order valence-corrected chi connectivity index (χ2v) is 3.60. The maximum absolute atomic E-state index is 9.88. The summed E-state index contributed by atoms with van der Waals surface area (Å²) in [7, 11) is 0. The largest absolute Gasteiger partial charge is 0.392 e. The molecule has 0 aliphatic rings. The van der Waals surface area contributed by atoms with Crippen LogP contribution in [0.5, 0.6) is 0 Å². The highest BCUT2D eigenvalue weighted by molar-refractivity contribution is 5.09. The van der Waals surface area contributed by atoms with Crippen molar-refractivity contribution < 1.29 is 9.84 Å². The van der Waals surface area contributed by atoms with Crippen molar-refractivity contribution in [2.24, 2.45) is 0 Å². The average molecular weight is 209 g/mol. The number of aromatic nitrogens is 1. The molecular formula is C12H19NO2. The molecule has 3 heteroatoms. The van der Waals surface area contributed by atoms with Gasteiger partial charge in [-0.05, 0) is 25.5 Å². The molecule has 0 aromatic carbocycles. The Labute approximate surface area is 91.1 Å². The predicted octanol–water partition coefficient (Wildman–Crippen LogP) is 1.97. The van der Waals surface area contributed by atoms with Gasteiger partial charge in [-0.15, -0.1) is 0 Å². The summed E-state index contributed by atoms with van der Waals surface area (Å²) in [5, 5.41) is 9.88. The van der Waals surface area contributed by atoms with E-state index in [1.807, 2.05) is 32.0 Å². The van der Waals surface area contributed by atoms with Crippen LogP contribution < -0.4 is 0 Å². The Morgan fingerprint density at radius 3 is 2.87 bits per heavy atom.